The van der Waals surface area contributed by atoms with Crippen molar-refractivity contribution >= 4 is 7.60 Å². The molecule has 0 amide bonds. The molecule has 5 nitrogen and oxygen atoms in total. The predicted molar refractivity (Wildman–Crippen MR) is 113 cm³/mol. The van der Waals surface area contributed by atoms with Gasteiger partial charge in [0.05, 0.1) is 34.4 Å². The molecule has 164 valence electrons. The lowest BCUT2D eigenvalue weighted by Gasteiger charge is -2.26. The lowest BCUT2D eigenvalue weighted by molar-refractivity contribution is -0.870. The highest BCUT2D eigenvalue weighted by atomic mass is 31.2. The zero-order valence-corrected chi connectivity index (χ0v) is 19.4. The number of quaternary nitrogens is 1. The SMILES string of the molecule is CCCCCCCCCCCCCCCOP(=O)([O-])COCC[N+](C)(C)C. The maximum atomic E-state index is 11.7. The second-order valence-corrected chi connectivity index (χ2v) is 10.5. The van der Waals surface area contributed by atoms with Crippen molar-refractivity contribution in [3.05, 3.63) is 0 Å². The minimum atomic E-state index is -3.84. The monoisotopic (exact) mass is 407 g/mol. The quantitative estimate of drug-likeness (QED) is 0.155. The Kier molecular flexibility index (Phi) is 17.0. The number of likely N-dealkylation sites (N-methyl/N-ethyl adjacent to an activating group) is 1. The number of hydrogen-bond acceptors (Lipinski definition) is 4. The topological polar surface area (TPSA) is 58.6 Å². The van der Waals surface area contributed by atoms with Crippen molar-refractivity contribution in [2.45, 2.75) is 90.4 Å². The Morgan fingerprint density at radius 2 is 1.19 bits per heavy atom. The molecule has 27 heavy (non-hydrogen) atoms. The van der Waals surface area contributed by atoms with Crippen LogP contribution in [0, 0.1) is 0 Å². The maximum absolute atomic E-state index is 11.7. The van der Waals surface area contributed by atoms with Gasteiger partial charge >= 0.3 is 0 Å². The number of ether oxygens (including phenoxy) is 1. The largest absolute Gasteiger partial charge is 0.777 e. The van der Waals surface area contributed by atoms with Gasteiger partial charge in [0, 0.05) is 0 Å². The van der Waals surface area contributed by atoms with E-state index in [2.05, 4.69) is 6.92 Å². The Labute approximate surface area is 168 Å². The Hall–Kier alpha value is 0.0700. The average molecular weight is 408 g/mol. The second kappa shape index (κ2) is 17.0. The molecular weight excluding hydrogens is 361 g/mol. The molecule has 0 heterocycles. The number of rotatable bonds is 20. The van der Waals surface area contributed by atoms with Crippen LogP contribution in [-0.4, -0.2) is 51.7 Å². The summed E-state index contributed by atoms with van der Waals surface area (Å²) in [5.41, 5.74) is 0. The average Bonchev–Trinajstić information content (AvgIpc) is 2.58. The summed E-state index contributed by atoms with van der Waals surface area (Å²) in [6.45, 7) is 3.75. The van der Waals surface area contributed by atoms with Crippen LogP contribution in [0.2, 0.25) is 0 Å². The Bertz CT molecular complexity index is 372. The molecule has 0 aliphatic heterocycles. The zero-order chi connectivity index (χ0) is 20.4. The van der Waals surface area contributed by atoms with Gasteiger partial charge in [-0.2, -0.15) is 0 Å². The Morgan fingerprint density at radius 1 is 0.741 bits per heavy atom. The van der Waals surface area contributed by atoms with Crippen molar-refractivity contribution in [2.75, 3.05) is 47.2 Å². The van der Waals surface area contributed by atoms with Crippen molar-refractivity contribution < 1.29 is 23.2 Å². The number of unbranched alkanes of at least 4 members (excludes halogenated alkanes) is 12. The van der Waals surface area contributed by atoms with Crippen LogP contribution in [0.5, 0.6) is 0 Å². The molecule has 0 spiro atoms. The first-order chi connectivity index (χ1) is 12.8. The van der Waals surface area contributed by atoms with Gasteiger partial charge in [0.15, 0.2) is 7.60 Å². The summed E-state index contributed by atoms with van der Waals surface area (Å²) >= 11 is 0. The molecule has 0 saturated carbocycles. The van der Waals surface area contributed by atoms with E-state index in [0.29, 0.717) is 6.61 Å². The normalized spacial score (nSPS) is 14.4. The van der Waals surface area contributed by atoms with Crippen LogP contribution in [0.3, 0.4) is 0 Å². The zero-order valence-electron chi connectivity index (χ0n) is 18.5. The molecule has 0 radical (unpaired) electrons. The van der Waals surface area contributed by atoms with Crippen LogP contribution < -0.4 is 4.89 Å². The van der Waals surface area contributed by atoms with Gasteiger partial charge in [0.1, 0.15) is 12.9 Å². The molecule has 0 rings (SSSR count). The molecule has 1 atom stereocenters. The molecular formula is C21H46NO4P. The summed E-state index contributed by atoms with van der Waals surface area (Å²) in [6, 6.07) is 0. The van der Waals surface area contributed by atoms with Gasteiger partial charge in [-0.15, -0.1) is 0 Å². The molecule has 0 aromatic heterocycles. The van der Waals surface area contributed by atoms with E-state index in [1.807, 2.05) is 21.1 Å². The molecule has 0 fully saturated rings. The van der Waals surface area contributed by atoms with Gasteiger partial charge in [0.25, 0.3) is 0 Å². The summed E-state index contributed by atoms with van der Waals surface area (Å²) in [5.74, 6) is 0. The van der Waals surface area contributed by atoms with Crippen molar-refractivity contribution in [1.82, 2.24) is 0 Å². The van der Waals surface area contributed by atoms with E-state index in [0.717, 1.165) is 23.9 Å². The van der Waals surface area contributed by atoms with Crippen LogP contribution in [0.4, 0.5) is 0 Å². The Morgan fingerprint density at radius 3 is 1.63 bits per heavy atom. The molecule has 0 aliphatic carbocycles. The predicted octanol–water partition coefficient (Wildman–Crippen LogP) is 5.33. The van der Waals surface area contributed by atoms with Crippen LogP contribution in [0.15, 0.2) is 0 Å². The van der Waals surface area contributed by atoms with Gasteiger partial charge in [-0.25, -0.2) is 0 Å². The van der Waals surface area contributed by atoms with Crippen molar-refractivity contribution in [3.63, 3.8) is 0 Å². The summed E-state index contributed by atoms with van der Waals surface area (Å²) in [4.78, 5) is 11.7. The Balaban J connectivity index is 3.34. The summed E-state index contributed by atoms with van der Waals surface area (Å²) in [7, 11) is 2.30. The van der Waals surface area contributed by atoms with Crippen molar-refractivity contribution in [3.8, 4) is 0 Å². The standard InChI is InChI=1S/C21H46NO4P/c1-5-6-7-8-9-10-11-12-13-14-15-16-17-19-26-27(23,24)21-25-20-18-22(2,3)4/h5-21H2,1-4H3. The van der Waals surface area contributed by atoms with Crippen LogP contribution in [0.25, 0.3) is 0 Å². The highest BCUT2D eigenvalue weighted by molar-refractivity contribution is 7.51. The van der Waals surface area contributed by atoms with E-state index in [-0.39, 0.29) is 13.0 Å². The third-order valence-electron chi connectivity index (χ3n) is 4.69. The second-order valence-electron chi connectivity index (χ2n) is 8.74. The first kappa shape index (κ1) is 27.1. The summed E-state index contributed by atoms with van der Waals surface area (Å²) in [5, 5.41) is 0. The lowest BCUT2D eigenvalue weighted by Crippen LogP contribution is -2.37. The first-order valence-corrected chi connectivity index (χ1v) is 12.8. The van der Waals surface area contributed by atoms with E-state index < -0.39 is 7.60 Å². The van der Waals surface area contributed by atoms with Gasteiger partial charge in [-0.3, -0.25) is 0 Å². The fraction of sp³-hybridized carbons (Fsp3) is 1.00. The van der Waals surface area contributed by atoms with E-state index >= 15 is 0 Å². The van der Waals surface area contributed by atoms with Gasteiger partial charge in [-0.1, -0.05) is 84.0 Å². The fourth-order valence-corrected chi connectivity index (χ4v) is 3.71. The highest BCUT2D eigenvalue weighted by Crippen LogP contribution is 2.36. The lowest BCUT2D eigenvalue weighted by atomic mass is 10.0. The van der Waals surface area contributed by atoms with Crippen molar-refractivity contribution in [2.24, 2.45) is 0 Å². The van der Waals surface area contributed by atoms with E-state index in [1.54, 1.807) is 0 Å². The van der Waals surface area contributed by atoms with Crippen LogP contribution in [-0.2, 0) is 13.8 Å². The summed E-state index contributed by atoms with van der Waals surface area (Å²) in [6.07, 6.45) is 16.2. The minimum Gasteiger partial charge on any atom is -0.777 e. The third-order valence-corrected chi connectivity index (χ3v) is 5.77. The molecule has 0 bridgehead atoms. The first-order valence-electron chi connectivity index (χ1n) is 11.1. The van der Waals surface area contributed by atoms with Crippen LogP contribution >= 0.6 is 7.60 Å². The fourth-order valence-electron chi connectivity index (χ4n) is 2.88. The van der Waals surface area contributed by atoms with Crippen LogP contribution in [0.1, 0.15) is 90.4 Å². The van der Waals surface area contributed by atoms with E-state index in [9.17, 15) is 9.46 Å². The molecule has 0 saturated heterocycles. The molecule has 6 heteroatoms. The number of hydrogen-bond donors (Lipinski definition) is 0. The van der Waals surface area contributed by atoms with Gasteiger partial charge in [-0.05, 0) is 6.42 Å². The molecule has 0 N–H and O–H groups in total. The molecule has 1 unspecified atom stereocenters. The number of nitrogens with zero attached hydrogens (tertiary/aromatic N) is 1. The molecule has 0 aromatic rings. The van der Waals surface area contributed by atoms with Gasteiger partial charge in [0.2, 0.25) is 0 Å². The minimum absolute atomic E-state index is 0.289. The third kappa shape index (κ3) is 22.2. The van der Waals surface area contributed by atoms with E-state index in [4.69, 9.17) is 9.26 Å². The maximum Gasteiger partial charge on any atom is 0.160 e. The van der Waals surface area contributed by atoms with Crippen molar-refractivity contribution in [1.29, 1.82) is 0 Å². The molecule has 0 aliphatic rings. The molecule has 0 aromatic carbocycles. The highest BCUT2D eigenvalue weighted by Gasteiger charge is 2.11. The summed E-state index contributed by atoms with van der Waals surface area (Å²) < 4.78 is 22.8. The van der Waals surface area contributed by atoms with E-state index in [1.165, 1.54) is 70.6 Å². The van der Waals surface area contributed by atoms with Gasteiger partial charge < -0.3 is 23.2 Å². The smallest absolute Gasteiger partial charge is 0.160 e.